The molecule has 0 spiro atoms. The number of azo groups is 2. The molecule has 252 valence electrons. The van der Waals surface area contributed by atoms with Crippen molar-refractivity contribution in [2.24, 2.45) is 20.5 Å². The maximum Gasteiger partial charge on any atom is 0.296 e. The van der Waals surface area contributed by atoms with Crippen LogP contribution < -0.4 is 11.5 Å². The third-order valence-corrected chi connectivity index (χ3v) is 9.19. The van der Waals surface area contributed by atoms with Crippen molar-refractivity contribution in [2.75, 3.05) is 11.5 Å². The van der Waals surface area contributed by atoms with E-state index < -0.39 is 58.7 Å². The smallest absolute Gasteiger partial charge is 0.296 e. The number of fused-ring (bicyclic) bond motifs is 2. The maximum atomic E-state index is 13.5. The number of nitrogens with zero attached hydrogens (tertiary/aromatic N) is 4. The van der Waals surface area contributed by atoms with Crippen molar-refractivity contribution in [1.82, 2.24) is 0 Å². The lowest BCUT2D eigenvalue weighted by atomic mass is 10.0. The number of benzene rings is 6. The topological polar surface area (TPSA) is 268 Å². The molecule has 17 heteroatoms. The van der Waals surface area contributed by atoms with Crippen LogP contribution in [-0.2, 0) is 20.2 Å². The summed E-state index contributed by atoms with van der Waals surface area (Å²) in [4.78, 5) is 12.0. The molecular formula is C33H24N6O9S2. The minimum absolute atomic E-state index is 0.0936. The summed E-state index contributed by atoms with van der Waals surface area (Å²) in [5.41, 5.74) is 11.5. The zero-order valence-corrected chi connectivity index (χ0v) is 27.0. The Morgan fingerprint density at radius 3 is 1.32 bits per heavy atom. The summed E-state index contributed by atoms with van der Waals surface area (Å²) in [6.45, 7) is 0. The van der Waals surface area contributed by atoms with Crippen molar-refractivity contribution >= 4 is 81.7 Å². The van der Waals surface area contributed by atoms with Crippen LogP contribution in [0.4, 0.5) is 34.1 Å². The molecule has 8 N–H and O–H groups in total. The van der Waals surface area contributed by atoms with Gasteiger partial charge >= 0.3 is 0 Å². The van der Waals surface area contributed by atoms with E-state index in [0.29, 0.717) is 11.4 Å². The highest BCUT2D eigenvalue weighted by Gasteiger charge is 2.23. The molecule has 0 bridgehead atoms. The van der Waals surface area contributed by atoms with Crippen LogP contribution in [0.15, 0.2) is 127 Å². The van der Waals surface area contributed by atoms with Crippen LogP contribution in [0.25, 0.3) is 21.5 Å². The molecule has 0 aliphatic carbocycles. The normalized spacial score (nSPS) is 12.4. The first-order valence-electron chi connectivity index (χ1n) is 14.2. The van der Waals surface area contributed by atoms with Gasteiger partial charge in [-0.2, -0.15) is 27.1 Å². The van der Waals surface area contributed by atoms with Gasteiger partial charge in [0.2, 0.25) is 0 Å². The molecule has 0 unspecified atom stereocenters. The molecule has 0 fully saturated rings. The molecule has 0 saturated carbocycles. The molecular weight excluding hydrogens is 689 g/mol. The van der Waals surface area contributed by atoms with Gasteiger partial charge in [0.05, 0.1) is 11.4 Å². The largest absolute Gasteiger partial charge is 0.505 e. The van der Waals surface area contributed by atoms with Gasteiger partial charge in [-0.05, 0) is 83.6 Å². The monoisotopic (exact) mass is 712 g/mol. The molecule has 50 heavy (non-hydrogen) atoms. The zero-order chi connectivity index (χ0) is 36.0. The number of nitrogen functional groups attached to an aromatic ring is 2. The Hall–Kier alpha value is -6.27. The number of nitrogens with two attached hydrogens (primary N) is 2. The van der Waals surface area contributed by atoms with Crippen molar-refractivity contribution in [1.29, 1.82) is 0 Å². The summed E-state index contributed by atoms with van der Waals surface area (Å²) in [5, 5.41) is 38.3. The summed E-state index contributed by atoms with van der Waals surface area (Å²) in [6, 6.07) is 22.5. The third-order valence-electron chi connectivity index (χ3n) is 7.45. The molecule has 6 aromatic carbocycles. The fourth-order valence-corrected chi connectivity index (χ4v) is 6.44. The van der Waals surface area contributed by atoms with Crippen molar-refractivity contribution < 1.29 is 40.9 Å². The van der Waals surface area contributed by atoms with E-state index in [2.05, 4.69) is 20.5 Å². The van der Waals surface area contributed by atoms with Gasteiger partial charge in [0.1, 0.15) is 21.2 Å². The van der Waals surface area contributed by atoms with E-state index in [1.54, 1.807) is 0 Å². The van der Waals surface area contributed by atoms with E-state index in [4.69, 9.17) is 11.5 Å². The first-order valence-corrected chi connectivity index (χ1v) is 17.1. The minimum Gasteiger partial charge on any atom is -0.505 e. The number of aromatic hydroxyl groups is 2. The highest BCUT2D eigenvalue weighted by Crippen LogP contribution is 2.43. The maximum absolute atomic E-state index is 13.5. The van der Waals surface area contributed by atoms with Gasteiger partial charge in [0.15, 0.2) is 17.3 Å². The number of phenols is 2. The molecule has 0 radical (unpaired) electrons. The second-order valence-electron chi connectivity index (χ2n) is 10.9. The van der Waals surface area contributed by atoms with Crippen molar-refractivity contribution in [3.05, 3.63) is 108 Å². The molecule has 6 aromatic rings. The highest BCUT2D eigenvalue weighted by atomic mass is 32.2. The molecule has 0 aliphatic rings. The summed E-state index contributed by atoms with van der Waals surface area (Å²) in [6.07, 6.45) is 0. The van der Waals surface area contributed by atoms with E-state index in [9.17, 15) is 40.9 Å². The molecule has 0 atom stereocenters. The van der Waals surface area contributed by atoms with E-state index >= 15 is 0 Å². The number of hydrogen-bond acceptors (Lipinski definition) is 13. The van der Waals surface area contributed by atoms with Crippen molar-refractivity contribution in [3.63, 3.8) is 0 Å². The van der Waals surface area contributed by atoms with Crippen LogP contribution in [0.5, 0.6) is 11.5 Å². The number of ketones is 1. The Kier molecular flexibility index (Phi) is 8.50. The Labute approximate surface area is 283 Å². The minimum atomic E-state index is -4.86. The molecule has 0 amide bonds. The van der Waals surface area contributed by atoms with E-state index in [1.165, 1.54) is 84.9 Å². The van der Waals surface area contributed by atoms with Crippen LogP contribution in [-0.4, -0.2) is 41.9 Å². The first-order chi connectivity index (χ1) is 23.6. The summed E-state index contributed by atoms with van der Waals surface area (Å²) in [7, 11) is -9.72. The van der Waals surface area contributed by atoms with Gasteiger partial charge in [0, 0.05) is 33.3 Å². The molecule has 0 aliphatic heterocycles. The molecule has 15 nitrogen and oxygen atoms in total. The number of phenolic OH excluding ortho intramolecular Hbond substituents is 2. The molecule has 0 heterocycles. The van der Waals surface area contributed by atoms with Crippen LogP contribution in [0.2, 0.25) is 0 Å². The van der Waals surface area contributed by atoms with E-state index in [0.717, 1.165) is 12.1 Å². The average molecular weight is 713 g/mol. The average Bonchev–Trinajstić information content (AvgIpc) is 3.06. The van der Waals surface area contributed by atoms with Crippen LogP contribution in [0, 0.1) is 0 Å². The predicted molar refractivity (Wildman–Crippen MR) is 184 cm³/mol. The third kappa shape index (κ3) is 6.69. The fourth-order valence-electron chi connectivity index (χ4n) is 5.13. The van der Waals surface area contributed by atoms with E-state index in [1.807, 2.05) is 0 Å². The highest BCUT2D eigenvalue weighted by molar-refractivity contribution is 7.86. The fraction of sp³-hybridized carbons (Fsp3) is 0. The molecule has 6 rings (SSSR count). The van der Waals surface area contributed by atoms with Gasteiger partial charge < -0.3 is 21.7 Å². The van der Waals surface area contributed by atoms with Gasteiger partial charge in [-0.25, -0.2) is 0 Å². The summed E-state index contributed by atoms with van der Waals surface area (Å²) < 4.78 is 68.2. The van der Waals surface area contributed by atoms with Gasteiger partial charge in [0.25, 0.3) is 20.2 Å². The quantitative estimate of drug-likeness (QED) is 0.0400. The number of anilines is 2. The van der Waals surface area contributed by atoms with Gasteiger partial charge in [-0.1, -0.05) is 24.3 Å². The van der Waals surface area contributed by atoms with Crippen molar-refractivity contribution in [3.8, 4) is 11.5 Å². The second-order valence-corrected chi connectivity index (χ2v) is 13.7. The molecule has 0 saturated heterocycles. The number of carbonyl (C=O) groups is 1. The lowest BCUT2D eigenvalue weighted by Crippen LogP contribution is -2.00. The lowest BCUT2D eigenvalue weighted by Gasteiger charge is -2.09. The summed E-state index contributed by atoms with van der Waals surface area (Å²) >= 11 is 0. The standard InChI is InChI=1S/C33H24N6O9S2/c34-21-7-9-25-19(11-21)15-27(49(43,44)45)29(32(25)41)38-36-23-5-1-3-17(13-23)31(40)18-4-2-6-24(14-18)37-39-30-28(50(46,47)48)16-20-12-22(35)8-10-26(20)33(30)42/h1-16,41-42H,34-35H2,(H,43,44,45)(H,46,47,48). The number of hydrogen-bond donors (Lipinski definition) is 6. The van der Waals surface area contributed by atoms with E-state index in [-0.39, 0.29) is 44.0 Å². The van der Waals surface area contributed by atoms with Gasteiger partial charge in [-0.15, -0.1) is 10.2 Å². The van der Waals surface area contributed by atoms with Gasteiger partial charge in [-0.3, -0.25) is 13.9 Å². The SMILES string of the molecule is Nc1ccc2c(O)c(N=Nc3cccc(C(=O)c4cccc(N=Nc5c(S(=O)(=O)O)cc6cc(N)ccc6c5O)c4)c3)c(S(=O)(=O)O)cc2c1. The van der Waals surface area contributed by atoms with Crippen LogP contribution >= 0.6 is 0 Å². The Morgan fingerprint density at radius 2 is 0.940 bits per heavy atom. The van der Waals surface area contributed by atoms with Crippen molar-refractivity contribution in [2.45, 2.75) is 9.79 Å². The zero-order valence-electron chi connectivity index (χ0n) is 25.3. The van der Waals surface area contributed by atoms with Crippen LogP contribution in [0.1, 0.15) is 15.9 Å². The Bertz CT molecular complexity index is 2500. The first kappa shape index (κ1) is 33.6. The molecule has 0 aromatic heterocycles. The Balaban J connectivity index is 1.32. The Morgan fingerprint density at radius 1 is 0.540 bits per heavy atom. The number of carbonyl (C=O) groups excluding carboxylic acids is 1. The predicted octanol–water partition coefficient (Wildman–Crippen LogP) is 7.12. The summed E-state index contributed by atoms with van der Waals surface area (Å²) in [5.74, 6) is -1.64. The van der Waals surface area contributed by atoms with Crippen LogP contribution in [0.3, 0.4) is 0 Å². The number of rotatable bonds is 8. The lowest BCUT2D eigenvalue weighted by molar-refractivity contribution is 0.103. The second kappa shape index (κ2) is 12.6.